The van der Waals surface area contributed by atoms with E-state index in [1.54, 1.807) is 18.5 Å². The van der Waals surface area contributed by atoms with E-state index in [2.05, 4.69) is 79.6 Å². The number of benzene rings is 3. The quantitative estimate of drug-likeness (QED) is 0.135. The van der Waals surface area contributed by atoms with E-state index in [9.17, 15) is 10.1 Å². The molecule has 0 spiro atoms. The van der Waals surface area contributed by atoms with Gasteiger partial charge in [-0.25, -0.2) is 0 Å². The SMILES string of the molecule is C/C=N\N=C/C.CC.CC.CCC(C)C.CNC1c2ccc(C#N)c(c2)OCCc2cccc(c2)/C(=C/C=O)c2cc1ccc2C. The van der Waals surface area contributed by atoms with Crippen LogP contribution in [0.15, 0.2) is 76.9 Å². The van der Waals surface area contributed by atoms with Crippen molar-refractivity contribution in [1.82, 2.24) is 5.32 Å². The van der Waals surface area contributed by atoms with Crippen LogP contribution in [0.4, 0.5) is 0 Å². The highest BCUT2D eigenvalue weighted by Crippen LogP contribution is 2.33. The van der Waals surface area contributed by atoms with Crippen LogP contribution in [-0.2, 0) is 11.2 Å². The van der Waals surface area contributed by atoms with Crippen LogP contribution < -0.4 is 10.1 Å². The number of hydrogen-bond donors (Lipinski definition) is 1. The highest BCUT2D eigenvalue weighted by Gasteiger charge is 2.18. The van der Waals surface area contributed by atoms with Crippen LogP contribution >= 0.6 is 0 Å². The van der Waals surface area contributed by atoms with E-state index in [0.717, 1.165) is 51.2 Å². The normalized spacial score (nSPS) is 14.1. The maximum Gasteiger partial charge on any atom is 0.143 e. The summed E-state index contributed by atoms with van der Waals surface area (Å²) in [6.45, 7) is 20.8. The van der Waals surface area contributed by atoms with Crippen LogP contribution in [0, 0.1) is 24.2 Å². The molecule has 6 heteroatoms. The Morgan fingerprint density at radius 1 is 0.978 bits per heavy atom. The van der Waals surface area contributed by atoms with Crippen molar-refractivity contribution in [3.05, 3.63) is 106 Å². The zero-order valence-corrected chi connectivity index (χ0v) is 30.0. The Labute approximate surface area is 279 Å². The fraction of sp³-hybridized carbons (Fsp3) is 0.400. The van der Waals surface area contributed by atoms with E-state index >= 15 is 0 Å². The second kappa shape index (κ2) is 24.9. The second-order valence-electron chi connectivity index (χ2n) is 10.2. The lowest BCUT2D eigenvalue weighted by atomic mass is 9.88. The van der Waals surface area contributed by atoms with Gasteiger partial charge in [0.15, 0.2) is 0 Å². The van der Waals surface area contributed by atoms with Crippen molar-refractivity contribution in [1.29, 1.82) is 5.26 Å². The standard InChI is InChI=1S/C27H24N2O2.C5H12.C4H8N2.2C2H6/c1-18-6-7-21-15-25(18)24(10-12-30)20-5-3-4-19(14-20)11-13-31-26-16-22(27(21)29-2)8-9-23(26)17-28;1-4-5(2)3;1-3-5-6-4-2;2*1-2/h3-10,12,14-16,27,29H,11,13H2,1-2H3;5H,4H2,1-3H3;3-4H,1-2H3;2*1-2H3/b24-10-;;5-3-,6-4-;;. The van der Waals surface area contributed by atoms with Crippen molar-refractivity contribution < 1.29 is 9.53 Å². The second-order valence-corrected chi connectivity index (χ2v) is 10.2. The molecule has 0 saturated heterocycles. The van der Waals surface area contributed by atoms with E-state index in [4.69, 9.17) is 4.74 Å². The summed E-state index contributed by atoms with van der Waals surface area (Å²) in [5.74, 6) is 1.48. The molecule has 0 amide bonds. The van der Waals surface area contributed by atoms with Crippen LogP contribution in [0.2, 0.25) is 0 Å². The smallest absolute Gasteiger partial charge is 0.143 e. The molecule has 1 N–H and O–H groups in total. The van der Waals surface area contributed by atoms with Gasteiger partial charge < -0.3 is 10.1 Å². The molecular weight excluding hydrogens is 568 g/mol. The van der Waals surface area contributed by atoms with E-state index in [1.807, 2.05) is 78.9 Å². The third-order valence-electron chi connectivity index (χ3n) is 6.87. The summed E-state index contributed by atoms with van der Waals surface area (Å²) in [5, 5.41) is 20.0. The van der Waals surface area contributed by atoms with Gasteiger partial charge in [0.2, 0.25) is 0 Å². The summed E-state index contributed by atoms with van der Waals surface area (Å²) in [5.41, 5.74) is 7.77. The molecule has 1 heterocycles. The molecule has 1 aliphatic rings. The van der Waals surface area contributed by atoms with Crippen molar-refractivity contribution in [3.8, 4) is 11.8 Å². The zero-order valence-electron chi connectivity index (χ0n) is 30.0. The van der Waals surface area contributed by atoms with Crippen molar-refractivity contribution >= 4 is 24.3 Å². The lowest BCUT2D eigenvalue weighted by molar-refractivity contribution is -0.104. The van der Waals surface area contributed by atoms with E-state index in [0.29, 0.717) is 24.3 Å². The van der Waals surface area contributed by atoms with Gasteiger partial charge in [0.05, 0.1) is 18.2 Å². The molecule has 1 unspecified atom stereocenters. The minimum absolute atomic E-state index is 0.0822. The number of aryl methyl sites for hydroxylation is 1. The summed E-state index contributed by atoms with van der Waals surface area (Å²) in [4.78, 5) is 11.5. The van der Waals surface area contributed by atoms with E-state index in [-0.39, 0.29) is 6.04 Å². The summed E-state index contributed by atoms with van der Waals surface area (Å²) < 4.78 is 6.03. The molecule has 4 rings (SSSR count). The number of aldehydes is 1. The van der Waals surface area contributed by atoms with Gasteiger partial charge in [-0.2, -0.15) is 15.5 Å². The predicted octanol–water partition coefficient (Wildman–Crippen LogP) is 9.93. The first kappa shape index (κ1) is 41.7. The largest absolute Gasteiger partial charge is 0.492 e. The maximum absolute atomic E-state index is 11.5. The van der Waals surface area contributed by atoms with Gasteiger partial charge in [-0.05, 0) is 97.0 Å². The number of hydrogen-bond acceptors (Lipinski definition) is 6. The number of ether oxygens (including phenoxy) is 1. The van der Waals surface area contributed by atoms with Gasteiger partial charge in [-0.1, -0.05) is 97.4 Å². The molecule has 248 valence electrons. The van der Waals surface area contributed by atoms with Crippen LogP contribution in [0.5, 0.6) is 5.75 Å². The molecule has 0 radical (unpaired) electrons. The molecule has 1 atom stereocenters. The van der Waals surface area contributed by atoms with E-state index < -0.39 is 0 Å². The number of fused-ring (bicyclic) bond motifs is 6. The minimum Gasteiger partial charge on any atom is -0.492 e. The third kappa shape index (κ3) is 13.7. The van der Waals surface area contributed by atoms with Crippen LogP contribution in [0.25, 0.3) is 5.57 Å². The molecule has 0 saturated carbocycles. The van der Waals surface area contributed by atoms with Crippen molar-refractivity contribution in [2.45, 2.75) is 88.1 Å². The highest BCUT2D eigenvalue weighted by molar-refractivity contribution is 5.90. The number of carbonyl (C=O) groups is 1. The highest BCUT2D eigenvalue weighted by atomic mass is 16.5. The van der Waals surface area contributed by atoms with Crippen molar-refractivity contribution in [2.24, 2.45) is 16.1 Å². The molecular formula is C40H56N4O2. The number of rotatable bonds is 4. The fourth-order valence-corrected chi connectivity index (χ4v) is 4.28. The van der Waals surface area contributed by atoms with E-state index in [1.165, 1.54) is 6.42 Å². The zero-order chi connectivity index (χ0) is 34.9. The average molecular weight is 625 g/mol. The Bertz CT molecular complexity index is 1420. The Balaban J connectivity index is 0.00000114. The molecule has 0 aliphatic carbocycles. The number of nitrogens with zero attached hydrogens (tertiary/aromatic N) is 3. The van der Waals surface area contributed by atoms with Gasteiger partial charge in [0, 0.05) is 18.9 Å². The van der Waals surface area contributed by atoms with Gasteiger partial charge in [0.25, 0.3) is 0 Å². The first-order chi connectivity index (χ1) is 22.3. The lowest BCUT2D eigenvalue weighted by Crippen LogP contribution is -2.18. The summed E-state index contributed by atoms with van der Waals surface area (Å²) >= 11 is 0. The topological polar surface area (TPSA) is 86.8 Å². The summed E-state index contributed by atoms with van der Waals surface area (Å²) in [7, 11) is 1.91. The number of allylic oxidation sites excluding steroid dienone is 1. The molecule has 1 aliphatic heterocycles. The van der Waals surface area contributed by atoms with Gasteiger partial charge in [0.1, 0.15) is 18.1 Å². The summed E-state index contributed by atoms with van der Waals surface area (Å²) in [6.07, 6.45) is 7.77. The number of nitrogens with one attached hydrogen (secondary N) is 1. The van der Waals surface area contributed by atoms with Crippen LogP contribution in [0.1, 0.15) is 114 Å². The van der Waals surface area contributed by atoms with Gasteiger partial charge in [-0.15, -0.1) is 0 Å². The molecule has 0 aromatic heterocycles. The Kier molecular flexibility index (Phi) is 22.6. The fourth-order valence-electron chi connectivity index (χ4n) is 4.28. The first-order valence-corrected chi connectivity index (χ1v) is 16.5. The molecule has 6 nitrogen and oxygen atoms in total. The monoisotopic (exact) mass is 624 g/mol. The molecule has 6 bridgehead atoms. The Morgan fingerprint density at radius 3 is 2.13 bits per heavy atom. The number of carbonyl (C=O) groups excluding carboxylic acids is 1. The molecule has 3 aromatic rings. The molecule has 3 aromatic carbocycles. The Hall–Kier alpha value is -4.34. The van der Waals surface area contributed by atoms with Crippen LogP contribution in [0.3, 0.4) is 0 Å². The summed E-state index contributed by atoms with van der Waals surface area (Å²) in [6, 6.07) is 22.4. The third-order valence-corrected chi connectivity index (χ3v) is 6.87. The van der Waals surface area contributed by atoms with Crippen molar-refractivity contribution in [2.75, 3.05) is 13.7 Å². The first-order valence-electron chi connectivity index (χ1n) is 16.5. The molecule has 46 heavy (non-hydrogen) atoms. The lowest BCUT2D eigenvalue weighted by Gasteiger charge is -2.22. The molecule has 0 fully saturated rings. The van der Waals surface area contributed by atoms with Crippen LogP contribution in [-0.4, -0.2) is 32.4 Å². The maximum atomic E-state index is 11.5. The van der Waals surface area contributed by atoms with Crippen molar-refractivity contribution in [3.63, 3.8) is 0 Å². The minimum atomic E-state index is -0.0822. The Morgan fingerprint density at radius 2 is 1.59 bits per heavy atom. The van der Waals surface area contributed by atoms with Gasteiger partial charge >= 0.3 is 0 Å². The average Bonchev–Trinajstić information content (AvgIpc) is 3.09. The number of nitriles is 1. The predicted molar refractivity (Wildman–Crippen MR) is 198 cm³/mol. The van der Waals surface area contributed by atoms with Gasteiger partial charge in [-0.3, -0.25) is 4.79 Å².